The average molecular weight is 403 g/mol. The minimum atomic E-state index is -0.938. The van der Waals surface area contributed by atoms with Crippen LogP contribution in [-0.4, -0.2) is 23.6 Å². The normalized spacial score (nSPS) is 34.9. The van der Waals surface area contributed by atoms with Crippen molar-refractivity contribution in [2.45, 2.75) is 63.9 Å². The maximum absolute atomic E-state index is 11.9. The van der Waals surface area contributed by atoms with Crippen LogP contribution in [0.1, 0.15) is 63.9 Å². The zero-order chi connectivity index (χ0) is 20.9. The summed E-state index contributed by atoms with van der Waals surface area (Å²) in [7, 11) is 1.66. The molecule has 0 aliphatic heterocycles. The zero-order valence-corrected chi connectivity index (χ0v) is 18.0. The highest BCUT2D eigenvalue weighted by atomic mass is 16.5. The Labute approximate surface area is 179 Å². The van der Waals surface area contributed by atoms with Crippen LogP contribution in [0.25, 0.3) is 0 Å². The van der Waals surface area contributed by atoms with Gasteiger partial charge in [-0.3, -0.25) is 4.79 Å². The van der Waals surface area contributed by atoms with Crippen molar-refractivity contribution < 1.29 is 14.6 Å². The number of carbonyl (C=O) groups is 1. The molecule has 30 heavy (non-hydrogen) atoms. The fourth-order valence-electron chi connectivity index (χ4n) is 6.60. The van der Waals surface area contributed by atoms with Crippen molar-refractivity contribution in [1.29, 1.82) is 0 Å². The van der Waals surface area contributed by atoms with Crippen molar-refractivity contribution >= 4 is 5.78 Å². The van der Waals surface area contributed by atoms with E-state index in [-0.39, 0.29) is 11.2 Å². The molecule has 4 aliphatic rings. The highest BCUT2D eigenvalue weighted by Gasteiger charge is 2.60. The lowest BCUT2D eigenvalue weighted by Crippen LogP contribution is -2.49. The van der Waals surface area contributed by atoms with E-state index in [1.54, 1.807) is 12.7 Å². The molecule has 0 spiro atoms. The molecule has 1 N–H and O–H groups in total. The lowest BCUT2D eigenvalue weighted by molar-refractivity contribution is -0.114. The monoisotopic (exact) mass is 402 g/mol. The summed E-state index contributed by atoms with van der Waals surface area (Å²) in [6.45, 7) is 2.27. The number of rotatable bonds is 1. The lowest BCUT2D eigenvalue weighted by atomic mass is 9.55. The summed E-state index contributed by atoms with van der Waals surface area (Å²) in [5.74, 6) is 8.67. The van der Waals surface area contributed by atoms with Crippen molar-refractivity contribution in [1.82, 2.24) is 0 Å². The van der Waals surface area contributed by atoms with E-state index >= 15 is 0 Å². The summed E-state index contributed by atoms with van der Waals surface area (Å²) in [5.41, 5.74) is 4.17. The van der Waals surface area contributed by atoms with Crippen LogP contribution in [0.4, 0.5) is 0 Å². The number of aliphatic hydroxyl groups is 1. The lowest BCUT2D eigenvalue weighted by Gasteiger charge is -2.50. The fraction of sp³-hybridized carbons (Fsp3) is 0.519. The van der Waals surface area contributed by atoms with Crippen molar-refractivity contribution in [2.75, 3.05) is 7.11 Å². The van der Waals surface area contributed by atoms with Gasteiger partial charge in [-0.05, 0) is 98.3 Å². The minimum absolute atomic E-state index is 0.174. The molecule has 0 aromatic heterocycles. The zero-order valence-electron chi connectivity index (χ0n) is 18.0. The van der Waals surface area contributed by atoms with Crippen molar-refractivity contribution in [3.63, 3.8) is 0 Å². The molecule has 3 heteroatoms. The van der Waals surface area contributed by atoms with Gasteiger partial charge in [-0.1, -0.05) is 24.3 Å². The van der Waals surface area contributed by atoms with E-state index in [9.17, 15) is 9.90 Å². The summed E-state index contributed by atoms with van der Waals surface area (Å²) in [6.07, 6.45) is 9.39. The molecule has 2 fully saturated rings. The molecule has 0 radical (unpaired) electrons. The summed E-state index contributed by atoms with van der Waals surface area (Å²) in [6, 6.07) is 7.72. The predicted octanol–water partition coefficient (Wildman–Crippen LogP) is 4.98. The molecule has 156 valence electrons. The molecule has 0 unspecified atom stereocenters. The van der Waals surface area contributed by atoms with Crippen LogP contribution in [-0.2, 0) is 4.79 Å². The van der Waals surface area contributed by atoms with Crippen LogP contribution in [0.2, 0.25) is 0 Å². The average Bonchev–Trinajstić information content (AvgIpc) is 3.03. The smallest absolute Gasteiger partial charge is 0.156 e. The van der Waals surface area contributed by atoms with Gasteiger partial charge in [-0.2, -0.15) is 0 Å². The molecule has 4 atom stereocenters. The van der Waals surface area contributed by atoms with Crippen LogP contribution in [0, 0.1) is 29.1 Å². The second-order valence-electron chi connectivity index (χ2n) is 9.69. The van der Waals surface area contributed by atoms with Crippen LogP contribution in [0.3, 0.4) is 0 Å². The summed E-state index contributed by atoms with van der Waals surface area (Å²) in [5, 5.41) is 11.7. The summed E-state index contributed by atoms with van der Waals surface area (Å²) in [4.78, 5) is 11.9. The van der Waals surface area contributed by atoms with Gasteiger partial charge in [0.15, 0.2) is 5.78 Å². The molecule has 5 rings (SSSR count). The van der Waals surface area contributed by atoms with E-state index in [0.29, 0.717) is 18.3 Å². The maximum atomic E-state index is 11.9. The Hall–Kier alpha value is -2.31. The highest BCUT2D eigenvalue weighted by molar-refractivity contribution is 5.93. The first-order valence-electron chi connectivity index (χ1n) is 11.3. The Morgan fingerprint density at radius 1 is 1.07 bits per heavy atom. The molecule has 1 aromatic carbocycles. The first-order chi connectivity index (χ1) is 14.4. The number of hydrogen-bond donors (Lipinski definition) is 1. The molecule has 0 saturated heterocycles. The van der Waals surface area contributed by atoms with Crippen LogP contribution in [0.5, 0.6) is 5.75 Å². The highest BCUT2D eigenvalue weighted by Crippen LogP contribution is 2.63. The number of fused-ring (bicyclic) bond motifs is 4. The molecule has 3 nitrogen and oxygen atoms in total. The van der Waals surface area contributed by atoms with Crippen LogP contribution >= 0.6 is 0 Å². The van der Waals surface area contributed by atoms with E-state index < -0.39 is 5.60 Å². The standard InChI is InChI=1S/C27H30O3/c1-26-14-12-23-22-10-6-20(28)17-19(22)5-9-24(23)25(26)13-16-27(26,29)15-11-18-3-7-21(30-2)8-4-18/h3-4,7-8,17,24-25,29H,5-6,9-10,12-14,16H2,1-2H3/t24-,25+,26+,27+/m1/s1. The SMILES string of the molecule is COc1ccc(C#C[C@]2(O)CC[C@H]3[C@@H]4CCC5=CC(=O)CCC5=C4CC[C@@]32C)cc1. The van der Waals surface area contributed by atoms with Gasteiger partial charge in [-0.15, -0.1) is 0 Å². The molecule has 0 amide bonds. The third-order valence-corrected chi connectivity index (χ3v) is 8.39. The van der Waals surface area contributed by atoms with Gasteiger partial charge < -0.3 is 9.84 Å². The third kappa shape index (κ3) is 2.96. The fourth-order valence-corrected chi connectivity index (χ4v) is 6.60. The molecule has 2 saturated carbocycles. The van der Waals surface area contributed by atoms with Crippen molar-refractivity contribution in [2.24, 2.45) is 17.3 Å². The maximum Gasteiger partial charge on any atom is 0.156 e. The van der Waals surface area contributed by atoms with Gasteiger partial charge >= 0.3 is 0 Å². The Morgan fingerprint density at radius 3 is 2.63 bits per heavy atom. The van der Waals surface area contributed by atoms with Gasteiger partial charge in [0.05, 0.1) is 7.11 Å². The first-order valence-corrected chi connectivity index (χ1v) is 11.3. The van der Waals surface area contributed by atoms with Gasteiger partial charge in [-0.25, -0.2) is 0 Å². The summed E-state index contributed by atoms with van der Waals surface area (Å²) < 4.78 is 5.22. The Morgan fingerprint density at radius 2 is 1.87 bits per heavy atom. The number of allylic oxidation sites excluding steroid dienone is 4. The second kappa shape index (κ2) is 7.13. The van der Waals surface area contributed by atoms with E-state index in [1.165, 1.54) is 11.1 Å². The Bertz CT molecular complexity index is 1000. The quantitative estimate of drug-likeness (QED) is 0.674. The molecule has 0 heterocycles. The third-order valence-electron chi connectivity index (χ3n) is 8.39. The number of ketones is 1. The number of benzene rings is 1. The van der Waals surface area contributed by atoms with E-state index in [0.717, 1.165) is 56.3 Å². The van der Waals surface area contributed by atoms with E-state index in [2.05, 4.69) is 18.8 Å². The molecule has 1 aromatic rings. The number of carbonyl (C=O) groups excluding carboxylic acids is 1. The molecule has 4 aliphatic carbocycles. The largest absolute Gasteiger partial charge is 0.497 e. The predicted molar refractivity (Wildman–Crippen MR) is 117 cm³/mol. The number of hydrogen-bond acceptors (Lipinski definition) is 3. The van der Waals surface area contributed by atoms with Gasteiger partial charge in [0, 0.05) is 17.4 Å². The molecular weight excluding hydrogens is 372 g/mol. The van der Waals surface area contributed by atoms with Crippen LogP contribution < -0.4 is 4.74 Å². The molecular formula is C27H30O3. The number of methoxy groups -OCH3 is 1. The molecule has 0 bridgehead atoms. The second-order valence-corrected chi connectivity index (χ2v) is 9.69. The van der Waals surface area contributed by atoms with Crippen molar-refractivity contribution in [3.8, 4) is 17.6 Å². The first kappa shape index (κ1) is 19.6. The van der Waals surface area contributed by atoms with E-state index in [1.807, 2.05) is 30.3 Å². The Kier molecular flexibility index (Phi) is 4.67. The van der Waals surface area contributed by atoms with Gasteiger partial charge in [0.2, 0.25) is 0 Å². The van der Waals surface area contributed by atoms with E-state index in [4.69, 9.17) is 4.74 Å². The number of ether oxygens (including phenoxy) is 1. The minimum Gasteiger partial charge on any atom is -0.497 e. The van der Waals surface area contributed by atoms with Crippen molar-refractivity contribution in [3.05, 3.63) is 52.6 Å². The van der Waals surface area contributed by atoms with Gasteiger partial charge in [0.25, 0.3) is 0 Å². The van der Waals surface area contributed by atoms with Gasteiger partial charge in [0.1, 0.15) is 11.4 Å². The van der Waals surface area contributed by atoms with Crippen LogP contribution in [0.15, 0.2) is 47.1 Å². The Balaban J connectivity index is 1.44. The topological polar surface area (TPSA) is 46.5 Å². The summed E-state index contributed by atoms with van der Waals surface area (Å²) >= 11 is 0.